The summed E-state index contributed by atoms with van der Waals surface area (Å²) in [6, 6.07) is 13.1. The number of nitrogens with zero attached hydrogens (tertiary/aromatic N) is 2. The van der Waals surface area contributed by atoms with Crippen LogP contribution in [-0.2, 0) is 0 Å². The highest BCUT2D eigenvalue weighted by Gasteiger charge is 2.06. The number of carbonyl (C=O) groups is 1. The van der Waals surface area contributed by atoms with Crippen molar-refractivity contribution < 1.29 is 4.79 Å². The van der Waals surface area contributed by atoms with Crippen LogP contribution in [0.15, 0.2) is 53.8 Å². The van der Waals surface area contributed by atoms with Gasteiger partial charge in [-0.2, -0.15) is 5.10 Å². The fraction of sp³-hybridized carbons (Fsp3) is 0.235. The van der Waals surface area contributed by atoms with Crippen LogP contribution in [0.4, 0.5) is 0 Å². The molecule has 1 N–H and O–H groups in total. The van der Waals surface area contributed by atoms with E-state index in [2.05, 4.69) is 29.4 Å². The molecule has 0 fully saturated rings. The largest absolute Gasteiger partial charge is 0.271 e. The Balaban J connectivity index is 2.04. The van der Waals surface area contributed by atoms with Crippen molar-refractivity contribution in [1.29, 1.82) is 0 Å². The Labute approximate surface area is 124 Å². The summed E-state index contributed by atoms with van der Waals surface area (Å²) in [6.45, 7) is 6.05. The number of amides is 1. The predicted octanol–water partition coefficient (Wildman–Crippen LogP) is 3.36. The summed E-state index contributed by atoms with van der Waals surface area (Å²) in [5, 5.41) is 4.08. The molecule has 0 bridgehead atoms. The van der Waals surface area contributed by atoms with E-state index >= 15 is 0 Å². The lowest BCUT2D eigenvalue weighted by Crippen LogP contribution is -2.19. The predicted molar refractivity (Wildman–Crippen MR) is 84.4 cm³/mol. The van der Waals surface area contributed by atoms with Crippen molar-refractivity contribution in [3.05, 3.63) is 65.5 Å². The molecular formula is C17H19N3O. The molecule has 4 heteroatoms. The number of nitrogens with one attached hydrogen (secondary N) is 1. The zero-order chi connectivity index (χ0) is 15.2. The number of aromatic nitrogens is 1. The fourth-order valence-electron chi connectivity index (χ4n) is 1.85. The van der Waals surface area contributed by atoms with Gasteiger partial charge in [-0.3, -0.25) is 9.78 Å². The lowest BCUT2D eigenvalue weighted by molar-refractivity contribution is 0.0955. The van der Waals surface area contributed by atoms with Gasteiger partial charge in [0.05, 0.1) is 11.4 Å². The maximum Gasteiger partial charge on any atom is 0.271 e. The van der Waals surface area contributed by atoms with Crippen molar-refractivity contribution in [2.45, 2.75) is 26.7 Å². The number of hydrazone groups is 1. The molecule has 2 rings (SSSR count). The second-order valence-corrected chi connectivity index (χ2v) is 5.13. The van der Waals surface area contributed by atoms with Crippen molar-refractivity contribution in [3.63, 3.8) is 0 Å². The van der Waals surface area contributed by atoms with Gasteiger partial charge in [0.1, 0.15) is 0 Å². The first-order valence-corrected chi connectivity index (χ1v) is 6.94. The molecule has 1 aromatic heterocycles. The van der Waals surface area contributed by atoms with E-state index in [4.69, 9.17) is 0 Å². The minimum atomic E-state index is -0.222. The summed E-state index contributed by atoms with van der Waals surface area (Å²) in [7, 11) is 0. The molecule has 0 aliphatic heterocycles. The molecule has 0 saturated carbocycles. The second-order valence-electron chi connectivity index (χ2n) is 5.13. The van der Waals surface area contributed by atoms with E-state index < -0.39 is 0 Å². The fourth-order valence-corrected chi connectivity index (χ4v) is 1.85. The van der Waals surface area contributed by atoms with Crippen molar-refractivity contribution in [2.75, 3.05) is 0 Å². The number of rotatable bonds is 4. The lowest BCUT2D eigenvalue weighted by atomic mass is 10.0. The summed E-state index contributed by atoms with van der Waals surface area (Å²) in [4.78, 5) is 16.2. The number of hydrogen-bond donors (Lipinski definition) is 1. The van der Waals surface area contributed by atoms with Crippen molar-refractivity contribution >= 4 is 11.6 Å². The van der Waals surface area contributed by atoms with Gasteiger partial charge in [0, 0.05) is 11.8 Å². The third-order valence-electron chi connectivity index (χ3n) is 3.20. The van der Waals surface area contributed by atoms with Crippen LogP contribution in [0.5, 0.6) is 0 Å². The Morgan fingerprint density at radius 1 is 1.14 bits per heavy atom. The first-order chi connectivity index (χ1) is 10.1. The van der Waals surface area contributed by atoms with Crippen molar-refractivity contribution in [2.24, 2.45) is 5.10 Å². The van der Waals surface area contributed by atoms with Gasteiger partial charge in [-0.1, -0.05) is 32.0 Å². The zero-order valence-corrected chi connectivity index (χ0v) is 12.5. The first kappa shape index (κ1) is 14.9. The van der Waals surface area contributed by atoms with Crippen LogP contribution in [-0.4, -0.2) is 16.6 Å². The molecule has 0 radical (unpaired) electrons. The molecule has 0 atom stereocenters. The van der Waals surface area contributed by atoms with Gasteiger partial charge < -0.3 is 0 Å². The van der Waals surface area contributed by atoms with Crippen LogP contribution in [0.1, 0.15) is 48.3 Å². The summed E-state index contributed by atoms with van der Waals surface area (Å²) in [5.41, 5.74) is 5.77. The highest BCUT2D eigenvalue weighted by atomic mass is 16.2. The smallest absolute Gasteiger partial charge is 0.267 e. The average Bonchev–Trinajstić information content (AvgIpc) is 2.53. The number of benzene rings is 1. The molecular weight excluding hydrogens is 262 g/mol. The van der Waals surface area contributed by atoms with Gasteiger partial charge >= 0.3 is 0 Å². The van der Waals surface area contributed by atoms with E-state index in [1.165, 1.54) is 5.56 Å². The van der Waals surface area contributed by atoms with Gasteiger partial charge in [0.2, 0.25) is 0 Å². The normalized spacial score (nSPS) is 11.5. The van der Waals surface area contributed by atoms with Gasteiger partial charge in [0.15, 0.2) is 0 Å². The molecule has 2 aromatic rings. The molecule has 1 aromatic carbocycles. The van der Waals surface area contributed by atoms with Gasteiger partial charge in [-0.05, 0) is 42.7 Å². The summed E-state index contributed by atoms with van der Waals surface area (Å²) >= 11 is 0. The highest BCUT2D eigenvalue weighted by Crippen LogP contribution is 2.14. The summed E-state index contributed by atoms with van der Waals surface area (Å²) < 4.78 is 0. The van der Waals surface area contributed by atoms with Crippen LogP contribution >= 0.6 is 0 Å². The molecule has 1 amide bonds. The third kappa shape index (κ3) is 3.99. The first-order valence-electron chi connectivity index (χ1n) is 6.94. The Hall–Kier alpha value is -2.49. The molecule has 0 saturated heterocycles. The van der Waals surface area contributed by atoms with Gasteiger partial charge in [-0.15, -0.1) is 0 Å². The van der Waals surface area contributed by atoms with Crippen LogP contribution in [0.2, 0.25) is 0 Å². The van der Waals surface area contributed by atoms with Gasteiger partial charge in [-0.25, -0.2) is 5.43 Å². The van der Waals surface area contributed by atoms with E-state index in [1.807, 2.05) is 49.4 Å². The zero-order valence-electron chi connectivity index (χ0n) is 12.5. The Morgan fingerprint density at radius 3 is 2.43 bits per heavy atom. The maximum absolute atomic E-state index is 12.0. The van der Waals surface area contributed by atoms with Crippen LogP contribution in [0, 0.1) is 0 Å². The number of hydrogen-bond acceptors (Lipinski definition) is 3. The quantitative estimate of drug-likeness (QED) is 0.690. The van der Waals surface area contributed by atoms with E-state index in [0.29, 0.717) is 17.2 Å². The van der Waals surface area contributed by atoms with Crippen molar-refractivity contribution in [3.8, 4) is 0 Å². The summed E-state index contributed by atoms with van der Waals surface area (Å²) in [5.74, 6) is 0.229. The SMILES string of the molecule is C/C(=N\NC(=O)c1ccc(C(C)C)cc1)c1ccccn1. The number of carbonyl (C=O) groups excluding carboxylic acids is 1. The minimum absolute atomic E-state index is 0.222. The lowest BCUT2D eigenvalue weighted by Gasteiger charge is -2.06. The molecule has 1 heterocycles. The van der Waals surface area contributed by atoms with Crippen LogP contribution in [0.25, 0.3) is 0 Å². The molecule has 108 valence electrons. The van der Waals surface area contributed by atoms with Crippen molar-refractivity contribution in [1.82, 2.24) is 10.4 Å². The monoisotopic (exact) mass is 281 g/mol. The average molecular weight is 281 g/mol. The third-order valence-corrected chi connectivity index (χ3v) is 3.20. The summed E-state index contributed by atoms with van der Waals surface area (Å²) in [6.07, 6.45) is 1.70. The molecule has 0 spiro atoms. The molecule has 0 aliphatic carbocycles. The minimum Gasteiger partial charge on any atom is -0.267 e. The van der Waals surface area contributed by atoms with Crippen LogP contribution in [0.3, 0.4) is 0 Å². The highest BCUT2D eigenvalue weighted by molar-refractivity contribution is 5.99. The molecule has 4 nitrogen and oxygen atoms in total. The van der Waals surface area contributed by atoms with E-state index in [-0.39, 0.29) is 5.91 Å². The Bertz CT molecular complexity index is 631. The topological polar surface area (TPSA) is 54.4 Å². The number of pyridine rings is 1. The van der Waals surface area contributed by atoms with E-state index in [0.717, 1.165) is 5.69 Å². The van der Waals surface area contributed by atoms with E-state index in [1.54, 1.807) is 6.20 Å². The van der Waals surface area contributed by atoms with Crippen LogP contribution < -0.4 is 5.43 Å². The Morgan fingerprint density at radius 2 is 1.86 bits per heavy atom. The van der Waals surface area contributed by atoms with E-state index in [9.17, 15) is 4.79 Å². The maximum atomic E-state index is 12.0. The Kier molecular flexibility index (Phi) is 4.82. The molecule has 21 heavy (non-hydrogen) atoms. The standard InChI is InChI=1S/C17H19N3O/c1-12(2)14-7-9-15(10-8-14)17(21)20-19-13(3)16-6-4-5-11-18-16/h4-12H,1-3H3,(H,20,21)/b19-13+. The molecule has 0 aliphatic rings. The molecule has 0 unspecified atom stereocenters. The van der Waals surface area contributed by atoms with Gasteiger partial charge in [0.25, 0.3) is 5.91 Å². The second kappa shape index (κ2) is 6.79.